The average molecular weight is 168 g/mol. The summed E-state index contributed by atoms with van der Waals surface area (Å²) in [6, 6.07) is 0. The van der Waals surface area contributed by atoms with Crippen LogP contribution >= 0.6 is 0 Å². The average Bonchev–Trinajstić information content (AvgIpc) is 2.05. The SMILES string of the molecule is BC(=O)N1CCC(C)(CN)CC1. The maximum atomic E-state index is 11.0. The van der Waals surface area contributed by atoms with Gasteiger partial charge < -0.3 is 10.6 Å². The lowest BCUT2D eigenvalue weighted by molar-refractivity contribution is 0.147. The zero-order valence-corrected chi connectivity index (χ0v) is 7.97. The van der Waals surface area contributed by atoms with E-state index in [1.807, 2.05) is 4.90 Å². The number of hydrogen-bond acceptors (Lipinski definition) is 2. The maximum absolute atomic E-state index is 11.0. The van der Waals surface area contributed by atoms with E-state index in [0.29, 0.717) is 0 Å². The van der Waals surface area contributed by atoms with Crippen molar-refractivity contribution >= 4 is 13.7 Å². The normalized spacial score (nSPS) is 22.3. The lowest BCUT2D eigenvalue weighted by Crippen LogP contribution is -2.44. The van der Waals surface area contributed by atoms with Gasteiger partial charge in [0.1, 0.15) is 0 Å². The smallest absolute Gasteiger partial charge is 0.215 e. The van der Waals surface area contributed by atoms with Crippen molar-refractivity contribution in [3.05, 3.63) is 0 Å². The molecule has 12 heavy (non-hydrogen) atoms. The van der Waals surface area contributed by atoms with Gasteiger partial charge in [0.15, 0.2) is 5.81 Å². The molecular weight excluding hydrogens is 151 g/mol. The molecule has 1 amide bonds. The minimum Gasteiger partial charge on any atom is -0.352 e. The van der Waals surface area contributed by atoms with Crippen LogP contribution in [0.2, 0.25) is 0 Å². The Balaban J connectivity index is 2.44. The van der Waals surface area contributed by atoms with E-state index in [1.165, 1.54) is 0 Å². The molecule has 0 spiro atoms. The van der Waals surface area contributed by atoms with Crippen LogP contribution in [0.15, 0.2) is 0 Å². The summed E-state index contributed by atoms with van der Waals surface area (Å²) in [5.74, 6) is 0.189. The molecule has 1 aliphatic heterocycles. The first-order valence-electron chi connectivity index (χ1n) is 4.53. The Morgan fingerprint density at radius 1 is 1.58 bits per heavy atom. The lowest BCUT2D eigenvalue weighted by Gasteiger charge is -2.38. The fourth-order valence-electron chi connectivity index (χ4n) is 1.57. The molecule has 0 aliphatic carbocycles. The third kappa shape index (κ3) is 2.00. The summed E-state index contributed by atoms with van der Waals surface area (Å²) in [6.45, 7) is 4.69. The highest BCUT2D eigenvalue weighted by Gasteiger charge is 2.29. The molecule has 1 rings (SSSR count). The number of piperidine rings is 1. The monoisotopic (exact) mass is 168 g/mol. The molecule has 0 bridgehead atoms. The van der Waals surface area contributed by atoms with Crippen LogP contribution < -0.4 is 5.73 Å². The van der Waals surface area contributed by atoms with Gasteiger partial charge in [-0.25, -0.2) is 0 Å². The number of hydrogen-bond donors (Lipinski definition) is 1. The third-order valence-electron chi connectivity index (χ3n) is 2.91. The van der Waals surface area contributed by atoms with Crippen LogP contribution in [0.3, 0.4) is 0 Å². The molecule has 2 N–H and O–H groups in total. The number of nitrogens with two attached hydrogens (primary N) is 1. The van der Waals surface area contributed by atoms with Crippen LogP contribution in [-0.2, 0) is 0 Å². The second-order valence-electron chi connectivity index (χ2n) is 4.02. The van der Waals surface area contributed by atoms with Gasteiger partial charge in [0.25, 0.3) is 0 Å². The van der Waals surface area contributed by atoms with E-state index in [2.05, 4.69) is 6.92 Å². The minimum absolute atomic E-state index is 0.189. The first-order valence-corrected chi connectivity index (χ1v) is 4.53. The third-order valence-corrected chi connectivity index (χ3v) is 2.91. The van der Waals surface area contributed by atoms with Crippen molar-refractivity contribution in [3.8, 4) is 0 Å². The van der Waals surface area contributed by atoms with E-state index >= 15 is 0 Å². The van der Waals surface area contributed by atoms with Crippen LogP contribution in [0.1, 0.15) is 19.8 Å². The summed E-state index contributed by atoms with van der Waals surface area (Å²) in [5.41, 5.74) is 5.93. The predicted octanol–water partition coefficient (Wildman–Crippen LogP) is -0.200. The molecule has 0 radical (unpaired) electrons. The van der Waals surface area contributed by atoms with Crippen molar-refractivity contribution in [2.75, 3.05) is 19.6 Å². The minimum atomic E-state index is 0.189. The van der Waals surface area contributed by atoms with Gasteiger partial charge >= 0.3 is 0 Å². The van der Waals surface area contributed by atoms with Gasteiger partial charge in [-0.2, -0.15) is 0 Å². The van der Waals surface area contributed by atoms with Crippen molar-refractivity contribution in [1.82, 2.24) is 4.90 Å². The van der Waals surface area contributed by atoms with Gasteiger partial charge in [0, 0.05) is 13.1 Å². The summed E-state index contributed by atoms with van der Waals surface area (Å²) in [6.07, 6.45) is 2.09. The van der Waals surface area contributed by atoms with Gasteiger partial charge in [-0.3, -0.25) is 4.79 Å². The zero-order valence-electron chi connectivity index (χ0n) is 7.97. The second kappa shape index (κ2) is 3.48. The maximum Gasteiger partial charge on any atom is 0.215 e. The Kier molecular flexibility index (Phi) is 2.78. The Hall–Kier alpha value is -0.505. The van der Waals surface area contributed by atoms with E-state index in [1.54, 1.807) is 7.85 Å². The van der Waals surface area contributed by atoms with Crippen LogP contribution in [0.25, 0.3) is 0 Å². The Bertz CT molecular complexity index is 176. The number of amides is 1. The molecule has 0 unspecified atom stereocenters. The lowest BCUT2D eigenvalue weighted by atomic mass is 9.80. The largest absolute Gasteiger partial charge is 0.352 e. The van der Waals surface area contributed by atoms with Crippen LogP contribution in [0, 0.1) is 5.41 Å². The number of carbonyl (C=O) groups excluding carboxylic acids is 1. The quantitative estimate of drug-likeness (QED) is 0.551. The van der Waals surface area contributed by atoms with E-state index in [9.17, 15) is 4.79 Å². The number of carbonyl (C=O) groups is 1. The van der Waals surface area contributed by atoms with Gasteiger partial charge in [-0.05, 0) is 24.8 Å². The van der Waals surface area contributed by atoms with Gasteiger partial charge in [0.2, 0.25) is 7.85 Å². The molecule has 1 fully saturated rings. The van der Waals surface area contributed by atoms with Crippen molar-refractivity contribution in [1.29, 1.82) is 0 Å². The highest BCUT2D eigenvalue weighted by atomic mass is 16.1. The molecule has 1 saturated heterocycles. The van der Waals surface area contributed by atoms with Crippen LogP contribution in [-0.4, -0.2) is 38.2 Å². The number of nitrogens with zero attached hydrogens (tertiary/aromatic N) is 1. The number of rotatable bonds is 1. The Morgan fingerprint density at radius 2 is 2.08 bits per heavy atom. The zero-order chi connectivity index (χ0) is 9.19. The molecular formula is C8H17BN2O. The van der Waals surface area contributed by atoms with Crippen molar-refractivity contribution < 1.29 is 4.79 Å². The highest BCUT2D eigenvalue weighted by Crippen LogP contribution is 2.29. The van der Waals surface area contributed by atoms with E-state index < -0.39 is 0 Å². The fourth-order valence-corrected chi connectivity index (χ4v) is 1.57. The second-order valence-corrected chi connectivity index (χ2v) is 4.02. The Labute approximate surface area is 74.7 Å². The first-order chi connectivity index (χ1) is 5.57. The fraction of sp³-hybridized carbons (Fsp3) is 0.875. The van der Waals surface area contributed by atoms with E-state index in [0.717, 1.165) is 32.5 Å². The molecule has 3 nitrogen and oxygen atoms in total. The molecule has 68 valence electrons. The summed E-state index contributed by atoms with van der Waals surface area (Å²) >= 11 is 0. The Morgan fingerprint density at radius 3 is 2.42 bits per heavy atom. The van der Waals surface area contributed by atoms with Gasteiger partial charge in [-0.15, -0.1) is 0 Å². The van der Waals surface area contributed by atoms with Crippen molar-refractivity contribution in [3.63, 3.8) is 0 Å². The van der Waals surface area contributed by atoms with Crippen molar-refractivity contribution in [2.24, 2.45) is 11.1 Å². The summed E-state index contributed by atoms with van der Waals surface area (Å²) < 4.78 is 0. The highest BCUT2D eigenvalue weighted by molar-refractivity contribution is 6.56. The molecule has 1 heterocycles. The standard InChI is InChI=1S/C8H17BN2O/c1-8(6-10)2-4-11(5-3-8)7(9)12/h2-6,9-10H2,1H3. The predicted molar refractivity (Wildman–Crippen MR) is 51.9 cm³/mol. The van der Waals surface area contributed by atoms with E-state index in [-0.39, 0.29) is 11.2 Å². The molecule has 0 aromatic rings. The van der Waals surface area contributed by atoms with Crippen LogP contribution in [0.5, 0.6) is 0 Å². The topological polar surface area (TPSA) is 46.3 Å². The number of likely N-dealkylation sites (tertiary alicyclic amines) is 1. The molecule has 0 saturated carbocycles. The molecule has 0 aromatic heterocycles. The summed E-state index contributed by atoms with van der Waals surface area (Å²) in [5, 5.41) is 0. The summed E-state index contributed by atoms with van der Waals surface area (Å²) in [4.78, 5) is 12.9. The molecule has 0 atom stereocenters. The van der Waals surface area contributed by atoms with Gasteiger partial charge in [0.05, 0.1) is 0 Å². The summed E-state index contributed by atoms with van der Waals surface area (Å²) in [7, 11) is 1.63. The van der Waals surface area contributed by atoms with Crippen molar-refractivity contribution in [2.45, 2.75) is 19.8 Å². The van der Waals surface area contributed by atoms with Gasteiger partial charge in [-0.1, -0.05) is 6.92 Å². The van der Waals surface area contributed by atoms with E-state index in [4.69, 9.17) is 5.73 Å². The molecule has 1 aliphatic rings. The van der Waals surface area contributed by atoms with Crippen LogP contribution in [0.4, 0.5) is 4.79 Å². The molecule has 0 aromatic carbocycles. The molecule has 4 heteroatoms. The first kappa shape index (κ1) is 9.58.